The number of fused-ring (bicyclic) bond motifs is 1. The van der Waals surface area contributed by atoms with Crippen molar-refractivity contribution in [2.45, 2.75) is 43.8 Å². The van der Waals surface area contributed by atoms with Gasteiger partial charge in [0, 0.05) is 38.0 Å². The highest BCUT2D eigenvalue weighted by Gasteiger charge is 2.35. The number of halogens is 1. The zero-order valence-corrected chi connectivity index (χ0v) is 17.6. The molecule has 0 saturated carbocycles. The highest BCUT2D eigenvalue weighted by atomic mass is 19.1. The van der Waals surface area contributed by atoms with Gasteiger partial charge in [-0.25, -0.2) is 9.18 Å². The van der Waals surface area contributed by atoms with Crippen molar-refractivity contribution in [3.63, 3.8) is 0 Å². The number of amides is 3. The molecular formula is C22H29FN6O2. The number of piperidine rings is 2. The summed E-state index contributed by atoms with van der Waals surface area (Å²) in [6.07, 6.45) is 5.14. The second-order valence-electron chi connectivity index (χ2n) is 8.96. The van der Waals surface area contributed by atoms with Crippen LogP contribution in [0.5, 0.6) is 0 Å². The number of likely N-dealkylation sites (tertiary alicyclic amines) is 1. The van der Waals surface area contributed by atoms with Gasteiger partial charge in [-0.2, -0.15) is 5.10 Å². The number of rotatable bonds is 4. The van der Waals surface area contributed by atoms with E-state index < -0.39 is 5.67 Å². The second-order valence-corrected chi connectivity index (χ2v) is 8.96. The molecule has 0 aliphatic carbocycles. The van der Waals surface area contributed by atoms with Crippen LogP contribution in [0.3, 0.4) is 0 Å². The lowest BCUT2D eigenvalue weighted by molar-refractivity contribution is -0.120. The molecule has 0 unspecified atom stereocenters. The summed E-state index contributed by atoms with van der Waals surface area (Å²) in [6.45, 7) is 4.14. The molecule has 0 radical (unpaired) electrons. The number of nitrogens with one attached hydrogen (secondary N) is 2. The first kappa shape index (κ1) is 20.4. The van der Waals surface area contributed by atoms with Gasteiger partial charge in [-0.15, -0.1) is 0 Å². The number of carbonyl (C=O) groups is 2. The number of anilines is 1. The molecule has 3 aliphatic heterocycles. The van der Waals surface area contributed by atoms with Crippen LogP contribution in [-0.2, 0) is 4.79 Å². The smallest absolute Gasteiger partial charge is 0.316 e. The second kappa shape index (κ2) is 8.20. The number of carbonyl (C=O) groups excluding carboxylic acids is 2. The molecular weight excluding hydrogens is 399 g/mol. The number of hydrogen-bond acceptors (Lipinski definition) is 5. The lowest BCUT2D eigenvalue weighted by Gasteiger charge is -2.38. The Balaban J connectivity index is 1.29. The van der Waals surface area contributed by atoms with Crippen molar-refractivity contribution in [1.82, 2.24) is 25.3 Å². The predicted octanol–water partition coefficient (Wildman–Crippen LogP) is 2.21. The molecule has 1 aromatic heterocycles. The number of urea groups is 1. The zero-order valence-electron chi connectivity index (χ0n) is 17.6. The third-order valence-electron chi connectivity index (χ3n) is 6.87. The molecule has 2 aromatic rings. The molecule has 4 heterocycles. The zero-order chi connectivity index (χ0) is 21.4. The van der Waals surface area contributed by atoms with Gasteiger partial charge in [0.2, 0.25) is 5.91 Å². The van der Waals surface area contributed by atoms with Gasteiger partial charge < -0.3 is 10.2 Å². The van der Waals surface area contributed by atoms with Crippen LogP contribution in [0.1, 0.15) is 38.1 Å². The number of alkyl halides is 1. The molecule has 5 rings (SSSR count). The maximum Gasteiger partial charge on any atom is 0.328 e. The molecule has 31 heavy (non-hydrogen) atoms. The van der Waals surface area contributed by atoms with Crippen molar-refractivity contribution < 1.29 is 14.0 Å². The molecule has 3 amide bonds. The first-order valence-corrected chi connectivity index (χ1v) is 11.2. The van der Waals surface area contributed by atoms with Crippen LogP contribution in [0.25, 0.3) is 10.9 Å². The van der Waals surface area contributed by atoms with Gasteiger partial charge in [0.1, 0.15) is 5.67 Å². The standard InChI is InChI=1S/C22H29FN6O2/c23-22(7-9-24-10-8-22)15-27-11-4-16(5-12-27)29-19-3-1-2-18(17(19)14-25-29)28-13-6-20(30)26-21(28)31/h1-3,14,16,24H,4-13,15H2,(H,26,30,31). The van der Waals surface area contributed by atoms with Crippen LogP contribution >= 0.6 is 0 Å². The third-order valence-corrected chi connectivity index (χ3v) is 6.87. The minimum atomic E-state index is -1.07. The summed E-state index contributed by atoms with van der Waals surface area (Å²) in [5.41, 5.74) is 0.694. The van der Waals surface area contributed by atoms with E-state index in [9.17, 15) is 9.59 Å². The van der Waals surface area contributed by atoms with Crippen LogP contribution in [0.2, 0.25) is 0 Å². The van der Waals surface area contributed by atoms with E-state index in [-0.39, 0.29) is 18.0 Å². The molecule has 3 fully saturated rings. The topological polar surface area (TPSA) is 82.5 Å². The van der Waals surface area contributed by atoms with E-state index in [1.54, 1.807) is 4.90 Å². The fraction of sp³-hybridized carbons (Fsp3) is 0.591. The van der Waals surface area contributed by atoms with E-state index in [0.29, 0.717) is 32.4 Å². The Labute approximate surface area is 180 Å². The van der Waals surface area contributed by atoms with Crippen LogP contribution < -0.4 is 15.5 Å². The third kappa shape index (κ3) is 4.04. The van der Waals surface area contributed by atoms with Gasteiger partial charge in [0.25, 0.3) is 0 Å². The molecule has 166 valence electrons. The largest absolute Gasteiger partial charge is 0.328 e. The average Bonchev–Trinajstić information content (AvgIpc) is 3.19. The number of imide groups is 1. The summed E-state index contributed by atoms with van der Waals surface area (Å²) in [5, 5.41) is 11.2. The van der Waals surface area contributed by atoms with Gasteiger partial charge in [-0.3, -0.25) is 19.7 Å². The van der Waals surface area contributed by atoms with E-state index >= 15 is 4.39 Å². The summed E-state index contributed by atoms with van der Waals surface area (Å²) in [4.78, 5) is 27.7. The number of aromatic nitrogens is 2. The Morgan fingerprint density at radius 1 is 1.13 bits per heavy atom. The molecule has 8 nitrogen and oxygen atoms in total. The fourth-order valence-corrected chi connectivity index (χ4v) is 5.13. The maximum atomic E-state index is 15.1. The van der Waals surface area contributed by atoms with Gasteiger partial charge in [-0.05, 0) is 50.9 Å². The number of hydrogen-bond donors (Lipinski definition) is 2. The molecule has 0 spiro atoms. The van der Waals surface area contributed by atoms with E-state index in [0.717, 1.165) is 55.6 Å². The van der Waals surface area contributed by atoms with Crippen molar-refractivity contribution >= 4 is 28.5 Å². The van der Waals surface area contributed by atoms with Gasteiger partial charge in [0.15, 0.2) is 0 Å². The SMILES string of the molecule is O=C1CCN(c2cccc3c2cnn3C2CCN(CC3(F)CCNCC3)CC2)C(=O)N1. The molecule has 0 atom stereocenters. The van der Waals surface area contributed by atoms with Crippen LogP contribution in [0.15, 0.2) is 24.4 Å². The Morgan fingerprint density at radius 2 is 1.90 bits per heavy atom. The van der Waals surface area contributed by atoms with E-state index in [1.165, 1.54) is 0 Å². The lowest BCUT2D eigenvalue weighted by atomic mass is 9.92. The van der Waals surface area contributed by atoms with Crippen molar-refractivity contribution in [2.24, 2.45) is 0 Å². The normalized spacial score (nSPS) is 23.3. The minimum absolute atomic E-state index is 0.240. The van der Waals surface area contributed by atoms with Crippen LogP contribution in [-0.4, -0.2) is 71.6 Å². The highest BCUT2D eigenvalue weighted by molar-refractivity contribution is 6.09. The molecule has 2 N–H and O–H groups in total. The van der Waals surface area contributed by atoms with Gasteiger partial charge in [-0.1, -0.05) is 6.07 Å². The van der Waals surface area contributed by atoms with Crippen molar-refractivity contribution in [1.29, 1.82) is 0 Å². The lowest BCUT2D eigenvalue weighted by Crippen LogP contribution is -2.49. The van der Waals surface area contributed by atoms with Crippen LogP contribution in [0.4, 0.5) is 14.9 Å². The Hall–Kier alpha value is -2.52. The summed E-state index contributed by atoms with van der Waals surface area (Å²) in [5.74, 6) is -0.240. The fourth-order valence-electron chi connectivity index (χ4n) is 5.13. The first-order valence-electron chi connectivity index (χ1n) is 11.2. The molecule has 3 aliphatic rings. The maximum absolute atomic E-state index is 15.1. The van der Waals surface area contributed by atoms with E-state index in [2.05, 4.69) is 25.3 Å². The monoisotopic (exact) mass is 428 g/mol. The highest BCUT2D eigenvalue weighted by Crippen LogP contribution is 2.33. The Bertz CT molecular complexity index is 978. The number of benzene rings is 1. The van der Waals surface area contributed by atoms with Crippen molar-refractivity contribution in [2.75, 3.05) is 44.2 Å². The van der Waals surface area contributed by atoms with Crippen molar-refractivity contribution in [3.8, 4) is 0 Å². The van der Waals surface area contributed by atoms with Crippen LogP contribution in [0, 0.1) is 0 Å². The van der Waals surface area contributed by atoms with E-state index in [4.69, 9.17) is 0 Å². The molecule has 9 heteroatoms. The Kier molecular flexibility index (Phi) is 5.39. The van der Waals surface area contributed by atoms with Crippen molar-refractivity contribution in [3.05, 3.63) is 24.4 Å². The van der Waals surface area contributed by atoms with Gasteiger partial charge >= 0.3 is 6.03 Å². The molecule has 0 bridgehead atoms. The quantitative estimate of drug-likeness (QED) is 0.780. The predicted molar refractivity (Wildman–Crippen MR) is 116 cm³/mol. The van der Waals surface area contributed by atoms with Gasteiger partial charge in [0.05, 0.1) is 23.4 Å². The molecule has 3 saturated heterocycles. The van der Waals surface area contributed by atoms with E-state index in [1.807, 2.05) is 24.4 Å². The number of nitrogens with zero attached hydrogens (tertiary/aromatic N) is 4. The summed E-state index contributed by atoms with van der Waals surface area (Å²) in [6, 6.07) is 5.72. The first-order chi connectivity index (χ1) is 15.0. The molecule has 1 aromatic carbocycles. The summed E-state index contributed by atoms with van der Waals surface area (Å²) in [7, 11) is 0. The summed E-state index contributed by atoms with van der Waals surface area (Å²) < 4.78 is 17.1. The minimum Gasteiger partial charge on any atom is -0.316 e. The summed E-state index contributed by atoms with van der Waals surface area (Å²) >= 11 is 0. The average molecular weight is 429 g/mol. The Morgan fingerprint density at radius 3 is 2.65 bits per heavy atom.